The number of carbonyl (C=O) groups excluding carboxylic acids is 1. The first kappa shape index (κ1) is 16.6. The van der Waals surface area contributed by atoms with Crippen molar-refractivity contribution in [2.24, 2.45) is 0 Å². The van der Waals surface area contributed by atoms with Crippen molar-refractivity contribution in [3.05, 3.63) is 71.6 Å². The molecule has 0 atom stereocenters. The minimum absolute atomic E-state index is 0.0444. The number of nitrogens with zero attached hydrogens (tertiary/aromatic N) is 2. The topological polar surface area (TPSA) is 56.2 Å². The number of aryl methyl sites for hydroxylation is 1. The largest absolute Gasteiger partial charge is 0.497 e. The summed E-state index contributed by atoms with van der Waals surface area (Å²) >= 11 is 0. The molecule has 1 aromatic heterocycles. The van der Waals surface area contributed by atoms with Crippen LogP contribution in [0.1, 0.15) is 16.2 Å². The smallest absolute Gasteiger partial charge is 0.276 e. The van der Waals surface area contributed by atoms with Gasteiger partial charge in [0.05, 0.1) is 12.8 Å². The Bertz CT molecular complexity index is 918. The Hall–Kier alpha value is -3.22. The van der Waals surface area contributed by atoms with Crippen LogP contribution in [-0.2, 0) is 0 Å². The molecule has 25 heavy (non-hydrogen) atoms. The van der Waals surface area contributed by atoms with E-state index in [9.17, 15) is 13.6 Å². The van der Waals surface area contributed by atoms with E-state index in [1.165, 1.54) is 12.1 Å². The molecular weight excluding hydrogens is 328 g/mol. The van der Waals surface area contributed by atoms with Gasteiger partial charge >= 0.3 is 0 Å². The zero-order valence-electron chi connectivity index (χ0n) is 13.6. The highest BCUT2D eigenvalue weighted by Crippen LogP contribution is 2.21. The predicted octanol–water partition coefficient (Wildman–Crippen LogP) is 3.72. The molecule has 0 aliphatic carbocycles. The Kier molecular flexibility index (Phi) is 4.47. The van der Waals surface area contributed by atoms with Gasteiger partial charge in [-0.2, -0.15) is 5.10 Å². The van der Waals surface area contributed by atoms with E-state index in [1.807, 2.05) is 0 Å². The van der Waals surface area contributed by atoms with Crippen LogP contribution >= 0.6 is 0 Å². The molecule has 2 aromatic carbocycles. The maximum absolute atomic E-state index is 13.7. The van der Waals surface area contributed by atoms with Crippen molar-refractivity contribution in [3.63, 3.8) is 0 Å². The van der Waals surface area contributed by atoms with E-state index < -0.39 is 23.2 Å². The van der Waals surface area contributed by atoms with Gasteiger partial charge in [0.1, 0.15) is 23.1 Å². The quantitative estimate of drug-likeness (QED) is 0.785. The van der Waals surface area contributed by atoms with Gasteiger partial charge in [0.2, 0.25) is 0 Å². The molecule has 3 rings (SSSR count). The summed E-state index contributed by atoms with van der Waals surface area (Å²) in [6.07, 6.45) is 0. The number of ether oxygens (including phenoxy) is 1. The number of methoxy groups -OCH3 is 1. The lowest BCUT2D eigenvalue weighted by Gasteiger charge is -2.07. The summed E-state index contributed by atoms with van der Waals surface area (Å²) < 4.78 is 34.1. The van der Waals surface area contributed by atoms with Gasteiger partial charge in [-0.1, -0.05) is 12.1 Å². The highest BCUT2D eigenvalue weighted by atomic mass is 19.1. The summed E-state index contributed by atoms with van der Waals surface area (Å²) in [5, 5.41) is 6.43. The molecule has 5 nitrogen and oxygen atoms in total. The number of hydrogen-bond donors (Lipinski definition) is 1. The molecule has 0 radical (unpaired) electrons. The molecule has 1 heterocycles. The number of para-hydroxylation sites is 1. The van der Waals surface area contributed by atoms with E-state index in [4.69, 9.17) is 4.74 Å². The molecule has 0 bridgehead atoms. The minimum Gasteiger partial charge on any atom is -0.497 e. The van der Waals surface area contributed by atoms with E-state index in [0.717, 1.165) is 12.1 Å². The Morgan fingerprint density at radius 2 is 1.80 bits per heavy atom. The van der Waals surface area contributed by atoms with E-state index >= 15 is 0 Å². The van der Waals surface area contributed by atoms with Crippen molar-refractivity contribution in [2.45, 2.75) is 6.92 Å². The van der Waals surface area contributed by atoms with Crippen molar-refractivity contribution in [3.8, 4) is 11.4 Å². The Morgan fingerprint density at radius 1 is 1.12 bits per heavy atom. The molecule has 0 spiro atoms. The number of aromatic nitrogens is 2. The van der Waals surface area contributed by atoms with Gasteiger partial charge in [0.15, 0.2) is 5.69 Å². The molecule has 7 heteroatoms. The van der Waals surface area contributed by atoms with Crippen LogP contribution in [0.5, 0.6) is 5.75 Å². The third kappa shape index (κ3) is 3.35. The molecule has 0 fully saturated rings. The summed E-state index contributed by atoms with van der Waals surface area (Å²) in [5.41, 5.74) is 0.935. The average molecular weight is 343 g/mol. The molecule has 1 N–H and O–H groups in total. The van der Waals surface area contributed by atoms with Crippen molar-refractivity contribution in [2.75, 3.05) is 12.4 Å². The second-order valence-corrected chi connectivity index (χ2v) is 5.34. The normalized spacial score (nSPS) is 10.6. The van der Waals surface area contributed by atoms with Gasteiger partial charge < -0.3 is 10.1 Å². The number of rotatable bonds is 4. The zero-order chi connectivity index (χ0) is 18.0. The van der Waals surface area contributed by atoms with Crippen LogP contribution in [-0.4, -0.2) is 22.8 Å². The summed E-state index contributed by atoms with van der Waals surface area (Å²) in [6.45, 7) is 1.77. The fraction of sp³-hybridized carbons (Fsp3) is 0.111. The second kappa shape index (κ2) is 6.72. The minimum atomic E-state index is -0.850. The van der Waals surface area contributed by atoms with E-state index in [1.54, 1.807) is 43.0 Å². The number of carbonyl (C=O) groups is 1. The number of nitrogens with one attached hydrogen (secondary N) is 1. The van der Waals surface area contributed by atoms with Crippen LogP contribution in [0, 0.1) is 18.6 Å². The van der Waals surface area contributed by atoms with Crippen LogP contribution in [0.3, 0.4) is 0 Å². The zero-order valence-corrected chi connectivity index (χ0v) is 13.6. The highest BCUT2D eigenvalue weighted by molar-refractivity contribution is 6.03. The Morgan fingerprint density at radius 3 is 2.48 bits per heavy atom. The van der Waals surface area contributed by atoms with E-state index in [0.29, 0.717) is 17.1 Å². The first-order valence-electron chi connectivity index (χ1n) is 7.46. The van der Waals surface area contributed by atoms with Crippen LogP contribution in [0.15, 0.2) is 48.5 Å². The first-order chi connectivity index (χ1) is 12.0. The maximum atomic E-state index is 13.7. The van der Waals surface area contributed by atoms with Gasteiger partial charge in [0, 0.05) is 11.8 Å². The highest BCUT2D eigenvalue weighted by Gasteiger charge is 2.17. The van der Waals surface area contributed by atoms with E-state index in [-0.39, 0.29) is 5.69 Å². The standard InChI is InChI=1S/C18H15F2N3O2/c1-11-9-16(18(24)21-17-14(19)7-4-8-15(17)20)22-23(11)12-5-3-6-13(10-12)25-2/h3-10H,1-2H3,(H,21,24). The Balaban J connectivity index is 1.90. The number of amides is 1. The third-order valence-electron chi connectivity index (χ3n) is 3.62. The summed E-state index contributed by atoms with van der Waals surface area (Å²) in [7, 11) is 1.55. The summed E-state index contributed by atoms with van der Waals surface area (Å²) in [6, 6.07) is 12.0. The number of benzene rings is 2. The summed E-state index contributed by atoms with van der Waals surface area (Å²) in [4.78, 5) is 12.3. The molecule has 0 unspecified atom stereocenters. The third-order valence-corrected chi connectivity index (χ3v) is 3.62. The summed E-state index contributed by atoms with van der Waals surface area (Å²) in [5.74, 6) is -1.75. The molecule has 1 amide bonds. The first-order valence-corrected chi connectivity index (χ1v) is 7.46. The Labute approximate surface area is 142 Å². The lowest BCUT2D eigenvalue weighted by atomic mass is 10.2. The van der Waals surface area contributed by atoms with Crippen molar-refractivity contribution in [1.29, 1.82) is 0 Å². The molecule has 3 aromatic rings. The molecule has 0 aliphatic heterocycles. The van der Waals surface area contributed by atoms with Crippen LogP contribution in [0.4, 0.5) is 14.5 Å². The molecule has 128 valence electrons. The van der Waals surface area contributed by atoms with Gasteiger partial charge in [-0.3, -0.25) is 4.79 Å². The molecular formula is C18H15F2N3O2. The fourth-order valence-corrected chi connectivity index (χ4v) is 2.38. The van der Waals surface area contributed by atoms with Gasteiger partial charge in [0.25, 0.3) is 5.91 Å². The van der Waals surface area contributed by atoms with Crippen LogP contribution < -0.4 is 10.1 Å². The second-order valence-electron chi connectivity index (χ2n) is 5.34. The van der Waals surface area contributed by atoms with Crippen molar-refractivity contribution < 1.29 is 18.3 Å². The monoisotopic (exact) mass is 343 g/mol. The lowest BCUT2D eigenvalue weighted by Crippen LogP contribution is -2.15. The molecule has 0 saturated heterocycles. The average Bonchev–Trinajstić information content (AvgIpc) is 3.00. The van der Waals surface area contributed by atoms with Gasteiger partial charge in [-0.15, -0.1) is 0 Å². The van der Waals surface area contributed by atoms with E-state index in [2.05, 4.69) is 10.4 Å². The van der Waals surface area contributed by atoms with Crippen molar-refractivity contribution >= 4 is 11.6 Å². The number of hydrogen-bond acceptors (Lipinski definition) is 3. The van der Waals surface area contributed by atoms with Gasteiger partial charge in [-0.05, 0) is 37.3 Å². The van der Waals surface area contributed by atoms with Gasteiger partial charge in [-0.25, -0.2) is 13.5 Å². The fourth-order valence-electron chi connectivity index (χ4n) is 2.38. The van der Waals surface area contributed by atoms with Crippen LogP contribution in [0.25, 0.3) is 5.69 Å². The molecule has 0 aliphatic rings. The molecule has 0 saturated carbocycles. The predicted molar refractivity (Wildman–Crippen MR) is 89.2 cm³/mol. The maximum Gasteiger partial charge on any atom is 0.276 e. The number of anilines is 1. The van der Waals surface area contributed by atoms with Crippen LogP contribution in [0.2, 0.25) is 0 Å². The SMILES string of the molecule is COc1cccc(-n2nc(C(=O)Nc3c(F)cccc3F)cc2C)c1. The lowest BCUT2D eigenvalue weighted by molar-refractivity contribution is 0.102. The van der Waals surface area contributed by atoms with Crippen molar-refractivity contribution in [1.82, 2.24) is 9.78 Å². The number of halogens is 2.